The molecule has 0 aliphatic heterocycles. The third-order valence-electron chi connectivity index (χ3n) is 2.66. The van der Waals surface area contributed by atoms with Crippen LogP contribution in [-0.2, 0) is 0 Å². The van der Waals surface area contributed by atoms with E-state index in [0.29, 0.717) is 5.82 Å². The van der Waals surface area contributed by atoms with Crippen molar-refractivity contribution in [3.05, 3.63) is 30.1 Å². The summed E-state index contributed by atoms with van der Waals surface area (Å²) in [6.45, 7) is 5.92. The van der Waals surface area contributed by atoms with Crippen LogP contribution in [-0.4, -0.2) is 15.1 Å². The van der Waals surface area contributed by atoms with Gasteiger partial charge in [-0.1, -0.05) is 25.9 Å². The van der Waals surface area contributed by atoms with Crippen molar-refractivity contribution in [2.24, 2.45) is 11.1 Å². The summed E-state index contributed by atoms with van der Waals surface area (Å²) in [4.78, 5) is 7.80. The molecule has 0 fully saturated rings. The van der Waals surface area contributed by atoms with Gasteiger partial charge in [0.05, 0.1) is 17.8 Å². The second-order valence-electron chi connectivity index (χ2n) is 5.16. The summed E-state index contributed by atoms with van der Waals surface area (Å²) in [5.41, 5.74) is 6.04. The topological polar surface area (TPSA) is 77.8 Å². The molecule has 0 amide bonds. The molecule has 0 radical (unpaired) electrons. The van der Waals surface area contributed by atoms with Crippen molar-refractivity contribution >= 4 is 0 Å². The second-order valence-corrected chi connectivity index (χ2v) is 5.16. The molecule has 96 valence electrons. The highest BCUT2D eigenvalue weighted by molar-refractivity contribution is 5.52. The van der Waals surface area contributed by atoms with E-state index < -0.39 is 5.82 Å². The SMILES string of the molecule is CC(C)(C)C(N)c1noc(-c2ccncc2F)n1. The Kier molecular flexibility index (Phi) is 3.13. The van der Waals surface area contributed by atoms with Crippen molar-refractivity contribution in [3.8, 4) is 11.5 Å². The first kappa shape index (κ1) is 12.6. The summed E-state index contributed by atoms with van der Waals surface area (Å²) in [5, 5.41) is 3.80. The number of hydrogen-bond acceptors (Lipinski definition) is 5. The van der Waals surface area contributed by atoms with E-state index in [2.05, 4.69) is 15.1 Å². The molecule has 2 aromatic rings. The van der Waals surface area contributed by atoms with Gasteiger partial charge in [0.25, 0.3) is 5.89 Å². The summed E-state index contributed by atoms with van der Waals surface area (Å²) in [7, 11) is 0. The Bertz CT molecular complexity index is 547. The molecule has 6 heteroatoms. The van der Waals surface area contributed by atoms with Gasteiger partial charge in [0.15, 0.2) is 11.6 Å². The first-order valence-corrected chi connectivity index (χ1v) is 5.58. The fourth-order valence-corrected chi connectivity index (χ4v) is 1.41. The Labute approximate surface area is 104 Å². The molecule has 2 aromatic heterocycles. The summed E-state index contributed by atoms with van der Waals surface area (Å²) in [6.07, 6.45) is 2.56. The Morgan fingerprint density at radius 2 is 2.11 bits per heavy atom. The number of pyridine rings is 1. The van der Waals surface area contributed by atoms with Crippen LogP contribution < -0.4 is 5.73 Å². The molecule has 18 heavy (non-hydrogen) atoms. The lowest BCUT2D eigenvalue weighted by atomic mass is 9.87. The van der Waals surface area contributed by atoms with Gasteiger partial charge in [0, 0.05) is 6.20 Å². The number of nitrogens with zero attached hydrogens (tertiary/aromatic N) is 3. The smallest absolute Gasteiger partial charge is 0.261 e. The Balaban J connectivity index is 2.35. The van der Waals surface area contributed by atoms with Gasteiger partial charge < -0.3 is 10.3 Å². The second kappa shape index (κ2) is 4.45. The van der Waals surface area contributed by atoms with Gasteiger partial charge in [-0.25, -0.2) is 4.39 Å². The Morgan fingerprint density at radius 1 is 1.39 bits per heavy atom. The number of aromatic nitrogens is 3. The molecule has 0 saturated carbocycles. The average Bonchev–Trinajstić information content (AvgIpc) is 2.76. The highest BCUT2D eigenvalue weighted by Gasteiger charge is 2.27. The third kappa shape index (κ3) is 2.38. The Morgan fingerprint density at radius 3 is 2.72 bits per heavy atom. The Hall–Kier alpha value is -1.82. The molecule has 0 spiro atoms. The number of rotatable bonds is 2. The van der Waals surface area contributed by atoms with E-state index >= 15 is 0 Å². The van der Waals surface area contributed by atoms with E-state index in [1.165, 1.54) is 12.3 Å². The molecular weight excluding hydrogens is 235 g/mol. The quantitative estimate of drug-likeness (QED) is 0.884. The first-order chi connectivity index (χ1) is 8.39. The maximum absolute atomic E-state index is 13.5. The molecule has 2 heterocycles. The predicted octanol–water partition coefficient (Wildman–Crippen LogP) is 2.32. The van der Waals surface area contributed by atoms with Crippen LogP contribution in [0.2, 0.25) is 0 Å². The maximum Gasteiger partial charge on any atom is 0.261 e. The van der Waals surface area contributed by atoms with Crippen molar-refractivity contribution < 1.29 is 8.91 Å². The van der Waals surface area contributed by atoms with E-state index in [1.54, 1.807) is 0 Å². The van der Waals surface area contributed by atoms with Crippen LogP contribution in [0.4, 0.5) is 4.39 Å². The van der Waals surface area contributed by atoms with Crippen LogP contribution in [0.15, 0.2) is 23.0 Å². The largest absolute Gasteiger partial charge is 0.334 e. The predicted molar refractivity (Wildman–Crippen MR) is 63.9 cm³/mol. The van der Waals surface area contributed by atoms with Crippen LogP contribution in [0, 0.1) is 11.2 Å². The zero-order chi connectivity index (χ0) is 13.3. The number of halogens is 1. The lowest BCUT2D eigenvalue weighted by Crippen LogP contribution is -2.27. The minimum atomic E-state index is -0.503. The monoisotopic (exact) mass is 250 g/mol. The molecule has 0 aromatic carbocycles. The molecule has 0 saturated heterocycles. The van der Waals surface area contributed by atoms with E-state index in [0.717, 1.165) is 6.20 Å². The minimum Gasteiger partial charge on any atom is -0.334 e. The highest BCUT2D eigenvalue weighted by atomic mass is 19.1. The normalized spacial score (nSPS) is 13.6. The summed E-state index contributed by atoms with van der Waals surface area (Å²) < 4.78 is 18.5. The fraction of sp³-hybridized carbons (Fsp3) is 0.417. The van der Waals surface area contributed by atoms with Crippen LogP contribution in [0.3, 0.4) is 0 Å². The van der Waals surface area contributed by atoms with Gasteiger partial charge in [0.1, 0.15) is 0 Å². The van der Waals surface area contributed by atoms with Gasteiger partial charge in [-0.3, -0.25) is 4.98 Å². The third-order valence-corrected chi connectivity index (χ3v) is 2.66. The van der Waals surface area contributed by atoms with E-state index in [-0.39, 0.29) is 22.9 Å². The van der Waals surface area contributed by atoms with Gasteiger partial charge >= 0.3 is 0 Å². The standard InChI is InChI=1S/C12H15FN4O/c1-12(2,3)9(14)10-16-11(18-17-10)7-4-5-15-6-8(7)13/h4-6,9H,14H2,1-3H3. The number of nitrogens with two attached hydrogens (primary N) is 1. The fourth-order valence-electron chi connectivity index (χ4n) is 1.41. The summed E-state index contributed by atoms with van der Waals surface area (Å²) in [6, 6.07) is 1.11. The van der Waals surface area contributed by atoms with Crippen LogP contribution >= 0.6 is 0 Å². The van der Waals surface area contributed by atoms with Crippen molar-refractivity contribution in [1.82, 2.24) is 15.1 Å². The van der Waals surface area contributed by atoms with E-state index in [1.807, 2.05) is 20.8 Å². The average molecular weight is 250 g/mol. The zero-order valence-corrected chi connectivity index (χ0v) is 10.5. The van der Waals surface area contributed by atoms with Crippen LogP contribution in [0.1, 0.15) is 32.6 Å². The molecule has 5 nitrogen and oxygen atoms in total. The van der Waals surface area contributed by atoms with Crippen molar-refractivity contribution in [2.45, 2.75) is 26.8 Å². The van der Waals surface area contributed by atoms with E-state index in [4.69, 9.17) is 10.3 Å². The first-order valence-electron chi connectivity index (χ1n) is 5.58. The van der Waals surface area contributed by atoms with Gasteiger partial charge in [0.2, 0.25) is 0 Å². The van der Waals surface area contributed by atoms with Gasteiger partial charge in [-0.15, -0.1) is 0 Å². The van der Waals surface area contributed by atoms with Gasteiger partial charge in [-0.05, 0) is 11.5 Å². The lowest BCUT2D eigenvalue weighted by Gasteiger charge is -2.23. The molecule has 2 N–H and O–H groups in total. The lowest BCUT2D eigenvalue weighted by molar-refractivity contribution is 0.303. The molecule has 1 atom stereocenters. The number of hydrogen-bond donors (Lipinski definition) is 1. The van der Waals surface area contributed by atoms with Crippen LogP contribution in [0.5, 0.6) is 0 Å². The van der Waals surface area contributed by atoms with Crippen LogP contribution in [0.25, 0.3) is 11.5 Å². The van der Waals surface area contributed by atoms with Gasteiger partial charge in [-0.2, -0.15) is 4.98 Å². The molecule has 2 rings (SSSR count). The summed E-state index contributed by atoms with van der Waals surface area (Å²) >= 11 is 0. The van der Waals surface area contributed by atoms with Crippen molar-refractivity contribution in [3.63, 3.8) is 0 Å². The molecule has 0 aliphatic rings. The molecular formula is C12H15FN4O. The highest BCUT2D eigenvalue weighted by Crippen LogP contribution is 2.30. The minimum absolute atomic E-state index is 0.115. The van der Waals surface area contributed by atoms with Crippen molar-refractivity contribution in [1.29, 1.82) is 0 Å². The zero-order valence-electron chi connectivity index (χ0n) is 10.5. The van der Waals surface area contributed by atoms with E-state index in [9.17, 15) is 4.39 Å². The molecule has 0 bridgehead atoms. The van der Waals surface area contributed by atoms with Crippen molar-refractivity contribution in [2.75, 3.05) is 0 Å². The summed E-state index contributed by atoms with van der Waals surface area (Å²) in [5.74, 6) is -0.0182. The molecule has 0 aliphatic carbocycles. The maximum atomic E-state index is 13.5. The molecule has 1 unspecified atom stereocenters.